The van der Waals surface area contributed by atoms with Crippen LogP contribution in [-0.4, -0.2) is 41.0 Å². The summed E-state index contributed by atoms with van der Waals surface area (Å²) in [5.74, 6) is -0.545. The number of benzene rings is 2. The normalized spacial score (nSPS) is 21.8. The molecule has 1 saturated carbocycles. The molecule has 1 saturated heterocycles. The van der Waals surface area contributed by atoms with Crippen molar-refractivity contribution in [1.29, 1.82) is 0 Å². The van der Waals surface area contributed by atoms with Gasteiger partial charge in [-0.05, 0) is 24.3 Å². The molecule has 2 aromatic carbocycles. The van der Waals surface area contributed by atoms with Crippen molar-refractivity contribution in [2.75, 3.05) is 18.4 Å². The van der Waals surface area contributed by atoms with Crippen LogP contribution in [0.25, 0.3) is 10.8 Å². The molecule has 3 amide bonds. The maximum Gasteiger partial charge on any atom is 0.417 e. The van der Waals surface area contributed by atoms with E-state index in [2.05, 4.69) is 15.6 Å². The molecule has 0 bridgehead atoms. The number of rotatable bonds is 3. The predicted molar refractivity (Wildman–Crippen MR) is 112 cm³/mol. The van der Waals surface area contributed by atoms with E-state index in [1.807, 2.05) is 18.2 Å². The van der Waals surface area contributed by atoms with Gasteiger partial charge in [-0.15, -0.1) is 0 Å². The number of alkyl halides is 3. The van der Waals surface area contributed by atoms with E-state index >= 15 is 0 Å². The third-order valence-electron chi connectivity index (χ3n) is 6.17. The smallest absolute Gasteiger partial charge is 0.338 e. The number of nitrogens with zero attached hydrogens (tertiary/aromatic N) is 2. The highest BCUT2D eigenvalue weighted by Crippen LogP contribution is 2.46. The van der Waals surface area contributed by atoms with Crippen LogP contribution in [0.15, 0.2) is 60.9 Å². The molecule has 2 aliphatic rings. The molecule has 2 fully saturated rings. The van der Waals surface area contributed by atoms with Crippen LogP contribution in [0.5, 0.6) is 0 Å². The highest BCUT2D eigenvalue weighted by atomic mass is 19.4. The van der Waals surface area contributed by atoms with Crippen LogP contribution in [0.3, 0.4) is 0 Å². The standard InChI is InChI=1S/C23H19F3N4O2/c24-23(25,26)18-6-2-1-5-15(18)21(31)30-11-16-17(12-30)20(16)29-22(32)28-19-7-3-4-13-10-27-9-8-14(13)19/h1-10,16-17,20H,11-12H2,(H2,28,29,32). The van der Waals surface area contributed by atoms with E-state index in [1.54, 1.807) is 18.5 Å². The zero-order valence-electron chi connectivity index (χ0n) is 16.8. The van der Waals surface area contributed by atoms with Gasteiger partial charge in [0.05, 0.1) is 16.8 Å². The predicted octanol–water partition coefficient (Wildman–Crippen LogP) is 4.15. The van der Waals surface area contributed by atoms with Gasteiger partial charge in [-0.2, -0.15) is 13.2 Å². The first kappa shape index (κ1) is 20.3. The van der Waals surface area contributed by atoms with Gasteiger partial charge < -0.3 is 15.5 Å². The number of carbonyl (C=O) groups is 2. The highest BCUT2D eigenvalue weighted by molar-refractivity contribution is 6.01. The molecule has 2 heterocycles. The number of aromatic nitrogens is 1. The van der Waals surface area contributed by atoms with E-state index in [-0.39, 0.29) is 29.5 Å². The molecular formula is C23H19F3N4O2. The lowest BCUT2D eigenvalue weighted by atomic mass is 10.1. The number of halogens is 3. The topological polar surface area (TPSA) is 74.3 Å². The quantitative estimate of drug-likeness (QED) is 0.643. The minimum absolute atomic E-state index is 0.0412. The van der Waals surface area contributed by atoms with Crippen LogP contribution >= 0.6 is 0 Å². The Labute approximate surface area is 181 Å². The number of pyridine rings is 1. The minimum atomic E-state index is -4.59. The maximum atomic E-state index is 13.2. The molecule has 1 aliphatic heterocycles. The van der Waals surface area contributed by atoms with E-state index < -0.39 is 17.6 Å². The largest absolute Gasteiger partial charge is 0.417 e. The Balaban J connectivity index is 1.20. The minimum Gasteiger partial charge on any atom is -0.338 e. The fourth-order valence-electron chi connectivity index (χ4n) is 4.53. The summed E-state index contributed by atoms with van der Waals surface area (Å²) in [5.41, 5.74) is -0.604. The van der Waals surface area contributed by atoms with E-state index in [9.17, 15) is 22.8 Å². The molecular weight excluding hydrogens is 421 g/mol. The summed E-state index contributed by atoms with van der Waals surface area (Å²) >= 11 is 0. The molecule has 0 radical (unpaired) electrons. The Bertz CT molecular complexity index is 1200. The van der Waals surface area contributed by atoms with Crippen molar-refractivity contribution < 1.29 is 22.8 Å². The van der Waals surface area contributed by atoms with Crippen molar-refractivity contribution in [3.8, 4) is 0 Å². The second-order valence-corrected chi connectivity index (χ2v) is 8.11. The van der Waals surface area contributed by atoms with Crippen molar-refractivity contribution in [1.82, 2.24) is 15.2 Å². The fraction of sp³-hybridized carbons (Fsp3) is 0.261. The van der Waals surface area contributed by atoms with Crippen LogP contribution in [0.2, 0.25) is 0 Å². The van der Waals surface area contributed by atoms with Gasteiger partial charge in [0.15, 0.2) is 0 Å². The lowest BCUT2D eigenvalue weighted by Crippen LogP contribution is -2.39. The van der Waals surface area contributed by atoms with E-state index in [1.165, 1.54) is 23.1 Å². The number of amides is 3. The number of hydrogen-bond acceptors (Lipinski definition) is 3. The average Bonchev–Trinajstić information content (AvgIpc) is 3.20. The van der Waals surface area contributed by atoms with Crippen LogP contribution in [0, 0.1) is 11.8 Å². The molecule has 0 spiro atoms. The van der Waals surface area contributed by atoms with Crippen LogP contribution in [0.4, 0.5) is 23.7 Å². The van der Waals surface area contributed by atoms with E-state index in [0.29, 0.717) is 18.8 Å². The van der Waals surface area contributed by atoms with Crippen molar-refractivity contribution in [2.24, 2.45) is 11.8 Å². The Morgan fingerprint density at radius 3 is 2.50 bits per heavy atom. The summed E-state index contributed by atoms with van der Waals surface area (Å²) in [6, 6.07) is 11.7. The summed E-state index contributed by atoms with van der Waals surface area (Å²) in [6.07, 6.45) is -1.22. The summed E-state index contributed by atoms with van der Waals surface area (Å²) in [4.78, 5) is 30.7. The molecule has 2 N–H and O–H groups in total. The number of piperidine rings is 1. The average molecular weight is 440 g/mol. The number of urea groups is 1. The van der Waals surface area contributed by atoms with Crippen molar-refractivity contribution in [3.63, 3.8) is 0 Å². The first-order valence-electron chi connectivity index (χ1n) is 10.2. The second-order valence-electron chi connectivity index (χ2n) is 8.11. The molecule has 2 unspecified atom stereocenters. The van der Waals surface area contributed by atoms with Gasteiger partial charge in [0, 0.05) is 54.1 Å². The Morgan fingerprint density at radius 1 is 1.00 bits per heavy atom. The summed E-state index contributed by atoms with van der Waals surface area (Å²) < 4.78 is 39.7. The third-order valence-corrected chi connectivity index (χ3v) is 6.17. The number of likely N-dealkylation sites (tertiary alicyclic amines) is 1. The van der Waals surface area contributed by atoms with Gasteiger partial charge in [-0.1, -0.05) is 24.3 Å². The van der Waals surface area contributed by atoms with Gasteiger partial charge in [0.25, 0.3) is 5.91 Å². The molecule has 9 heteroatoms. The molecule has 1 aromatic heterocycles. The van der Waals surface area contributed by atoms with Crippen molar-refractivity contribution >= 4 is 28.4 Å². The van der Waals surface area contributed by atoms with Gasteiger partial charge in [0.1, 0.15) is 0 Å². The summed E-state index contributed by atoms with van der Waals surface area (Å²) in [6.45, 7) is 0.640. The third kappa shape index (κ3) is 3.63. The first-order valence-corrected chi connectivity index (χ1v) is 10.2. The number of anilines is 1. The highest BCUT2D eigenvalue weighted by Gasteiger charge is 2.57. The Morgan fingerprint density at radius 2 is 1.75 bits per heavy atom. The Hall–Kier alpha value is -3.62. The first-order chi connectivity index (χ1) is 15.3. The number of nitrogens with one attached hydrogen (secondary N) is 2. The lowest BCUT2D eigenvalue weighted by molar-refractivity contribution is -0.138. The zero-order valence-corrected chi connectivity index (χ0v) is 16.8. The molecule has 164 valence electrons. The van der Waals surface area contributed by atoms with Gasteiger partial charge in [0.2, 0.25) is 0 Å². The summed E-state index contributed by atoms with van der Waals surface area (Å²) in [5, 5.41) is 7.54. The fourth-order valence-corrected chi connectivity index (χ4v) is 4.53. The maximum absolute atomic E-state index is 13.2. The number of hydrogen-bond donors (Lipinski definition) is 2. The van der Waals surface area contributed by atoms with E-state index in [4.69, 9.17) is 0 Å². The van der Waals surface area contributed by atoms with Crippen LogP contribution in [0.1, 0.15) is 15.9 Å². The second kappa shape index (κ2) is 7.51. The number of fused-ring (bicyclic) bond motifs is 2. The van der Waals surface area contributed by atoms with Crippen molar-refractivity contribution in [3.05, 3.63) is 72.1 Å². The van der Waals surface area contributed by atoms with Gasteiger partial charge >= 0.3 is 12.2 Å². The van der Waals surface area contributed by atoms with E-state index in [0.717, 1.165) is 16.8 Å². The Kier molecular flexibility index (Phi) is 4.76. The molecule has 1 aliphatic carbocycles. The monoisotopic (exact) mass is 440 g/mol. The van der Waals surface area contributed by atoms with Gasteiger partial charge in [-0.25, -0.2) is 4.79 Å². The van der Waals surface area contributed by atoms with Gasteiger partial charge in [-0.3, -0.25) is 9.78 Å². The molecule has 3 aromatic rings. The molecule has 6 nitrogen and oxygen atoms in total. The SMILES string of the molecule is O=C(Nc1cccc2cnccc12)NC1C2CN(C(=O)c3ccccc3C(F)(F)F)CC21. The van der Waals surface area contributed by atoms with Crippen LogP contribution in [-0.2, 0) is 6.18 Å². The van der Waals surface area contributed by atoms with Crippen molar-refractivity contribution in [2.45, 2.75) is 12.2 Å². The summed E-state index contributed by atoms with van der Waals surface area (Å²) in [7, 11) is 0. The van der Waals surface area contributed by atoms with Crippen LogP contribution < -0.4 is 10.6 Å². The molecule has 2 atom stereocenters. The lowest BCUT2D eigenvalue weighted by Gasteiger charge is -2.22. The zero-order chi connectivity index (χ0) is 22.5. The molecule has 5 rings (SSSR count). The number of carbonyl (C=O) groups excluding carboxylic acids is 2. The molecule has 32 heavy (non-hydrogen) atoms.